The second kappa shape index (κ2) is 3.02. The molecule has 0 aromatic heterocycles. The van der Waals surface area contributed by atoms with Gasteiger partial charge < -0.3 is 15.2 Å². The number of nitrogens with one attached hydrogen (secondary N) is 1. The molecule has 3 nitrogen and oxygen atoms in total. The number of ether oxygens (including phenoxy) is 1. The smallest absolute Gasteiger partial charge is 0.155 e. The standard InChI is InChI=1S/C5H11NO2/c7-5-1-2-6-3-4-8-5/h5-7H,1-4H2. The van der Waals surface area contributed by atoms with Gasteiger partial charge in [0.1, 0.15) is 0 Å². The number of rotatable bonds is 0. The Kier molecular flexibility index (Phi) is 2.27. The average molecular weight is 117 g/mol. The fourth-order valence-electron chi connectivity index (χ4n) is 0.701. The number of hydrogen-bond acceptors (Lipinski definition) is 3. The van der Waals surface area contributed by atoms with Crippen molar-refractivity contribution in [3.63, 3.8) is 0 Å². The lowest BCUT2D eigenvalue weighted by Crippen LogP contribution is -2.16. The molecular weight excluding hydrogens is 106 g/mol. The topological polar surface area (TPSA) is 41.5 Å². The molecule has 3 heteroatoms. The lowest BCUT2D eigenvalue weighted by molar-refractivity contribution is -0.0918. The molecule has 0 aromatic rings. The van der Waals surface area contributed by atoms with Crippen molar-refractivity contribution in [3.05, 3.63) is 0 Å². The fourth-order valence-corrected chi connectivity index (χ4v) is 0.701. The molecule has 0 amide bonds. The summed E-state index contributed by atoms with van der Waals surface area (Å²) in [4.78, 5) is 0. The molecule has 0 spiro atoms. The molecule has 1 atom stereocenters. The van der Waals surface area contributed by atoms with Gasteiger partial charge in [0, 0.05) is 19.5 Å². The molecule has 1 saturated heterocycles. The molecule has 1 fully saturated rings. The van der Waals surface area contributed by atoms with E-state index in [-0.39, 0.29) is 0 Å². The van der Waals surface area contributed by atoms with Crippen molar-refractivity contribution in [3.8, 4) is 0 Å². The van der Waals surface area contributed by atoms with E-state index in [0.29, 0.717) is 13.0 Å². The van der Waals surface area contributed by atoms with E-state index in [1.807, 2.05) is 0 Å². The largest absolute Gasteiger partial charge is 0.368 e. The van der Waals surface area contributed by atoms with Gasteiger partial charge in [-0.1, -0.05) is 0 Å². The first-order chi connectivity index (χ1) is 3.89. The summed E-state index contributed by atoms with van der Waals surface area (Å²) in [7, 11) is 0. The Morgan fingerprint density at radius 2 is 2.38 bits per heavy atom. The van der Waals surface area contributed by atoms with Gasteiger partial charge in [0.25, 0.3) is 0 Å². The monoisotopic (exact) mass is 117 g/mol. The van der Waals surface area contributed by atoms with Crippen LogP contribution in [-0.4, -0.2) is 31.1 Å². The lowest BCUT2D eigenvalue weighted by atomic mass is 10.4. The maximum Gasteiger partial charge on any atom is 0.155 e. The second-order valence-corrected chi connectivity index (χ2v) is 1.86. The zero-order chi connectivity index (χ0) is 5.82. The minimum absolute atomic E-state index is 0.537. The summed E-state index contributed by atoms with van der Waals surface area (Å²) < 4.78 is 4.90. The van der Waals surface area contributed by atoms with Crippen LogP contribution in [-0.2, 0) is 4.74 Å². The van der Waals surface area contributed by atoms with Gasteiger partial charge in [-0.2, -0.15) is 0 Å². The molecule has 0 aromatic carbocycles. The summed E-state index contributed by atoms with van der Waals surface area (Å²) in [5, 5.41) is 11.9. The summed E-state index contributed by atoms with van der Waals surface area (Å²) >= 11 is 0. The molecule has 1 aliphatic heterocycles. The zero-order valence-electron chi connectivity index (χ0n) is 4.76. The van der Waals surface area contributed by atoms with Gasteiger partial charge in [-0.3, -0.25) is 0 Å². The minimum Gasteiger partial charge on any atom is -0.368 e. The fraction of sp³-hybridized carbons (Fsp3) is 1.00. The number of aliphatic hydroxyl groups is 1. The van der Waals surface area contributed by atoms with Crippen molar-refractivity contribution in [2.45, 2.75) is 12.7 Å². The van der Waals surface area contributed by atoms with Crippen molar-refractivity contribution in [2.75, 3.05) is 19.7 Å². The van der Waals surface area contributed by atoms with Crippen molar-refractivity contribution < 1.29 is 9.84 Å². The van der Waals surface area contributed by atoms with Gasteiger partial charge in [0.05, 0.1) is 6.61 Å². The summed E-state index contributed by atoms with van der Waals surface area (Å²) in [5.41, 5.74) is 0. The van der Waals surface area contributed by atoms with Gasteiger partial charge in [-0.15, -0.1) is 0 Å². The molecule has 2 N–H and O–H groups in total. The van der Waals surface area contributed by atoms with Crippen LogP contribution in [0.4, 0.5) is 0 Å². The molecular formula is C5H11NO2. The van der Waals surface area contributed by atoms with Crippen LogP contribution in [0.1, 0.15) is 6.42 Å². The molecule has 0 aliphatic carbocycles. The van der Waals surface area contributed by atoms with Crippen LogP contribution >= 0.6 is 0 Å². The van der Waals surface area contributed by atoms with Crippen LogP contribution in [0, 0.1) is 0 Å². The Labute approximate surface area is 48.7 Å². The highest BCUT2D eigenvalue weighted by molar-refractivity contribution is 4.53. The molecule has 48 valence electrons. The molecule has 1 aliphatic rings. The van der Waals surface area contributed by atoms with E-state index in [4.69, 9.17) is 9.84 Å². The Hall–Kier alpha value is -0.120. The third-order valence-corrected chi connectivity index (χ3v) is 1.16. The van der Waals surface area contributed by atoms with Gasteiger partial charge in [0.2, 0.25) is 0 Å². The summed E-state index contributed by atoms with van der Waals surface area (Å²) in [6, 6.07) is 0. The highest BCUT2D eigenvalue weighted by Gasteiger charge is 2.05. The van der Waals surface area contributed by atoms with E-state index >= 15 is 0 Å². The molecule has 8 heavy (non-hydrogen) atoms. The molecule has 1 heterocycles. The average Bonchev–Trinajstić information content (AvgIpc) is 1.94. The van der Waals surface area contributed by atoms with Crippen molar-refractivity contribution in [1.82, 2.24) is 5.32 Å². The van der Waals surface area contributed by atoms with Crippen LogP contribution in [0.2, 0.25) is 0 Å². The van der Waals surface area contributed by atoms with Crippen molar-refractivity contribution in [2.24, 2.45) is 0 Å². The first-order valence-corrected chi connectivity index (χ1v) is 2.90. The SMILES string of the molecule is OC1CCNCCO1. The van der Waals surface area contributed by atoms with E-state index in [2.05, 4.69) is 5.32 Å². The van der Waals surface area contributed by atoms with Crippen LogP contribution in [0.25, 0.3) is 0 Å². The Balaban J connectivity index is 2.17. The molecule has 1 unspecified atom stereocenters. The van der Waals surface area contributed by atoms with Crippen LogP contribution in [0.15, 0.2) is 0 Å². The second-order valence-electron chi connectivity index (χ2n) is 1.86. The van der Waals surface area contributed by atoms with E-state index in [0.717, 1.165) is 13.1 Å². The van der Waals surface area contributed by atoms with Crippen LogP contribution in [0.3, 0.4) is 0 Å². The van der Waals surface area contributed by atoms with Crippen LogP contribution < -0.4 is 5.32 Å². The van der Waals surface area contributed by atoms with Gasteiger partial charge in [-0.05, 0) is 0 Å². The third-order valence-electron chi connectivity index (χ3n) is 1.16. The first-order valence-electron chi connectivity index (χ1n) is 2.90. The summed E-state index contributed by atoms with van der Waals surface area (Å²) in [6.07, 6.45) is 0.171. The van der Waals surface area contributed by atoms with Gasteiger partial charge in [0.15, 0.2) is 6.29 Å². The maximum absolute atomic E-state index is 8.83. The summed E-state index contributed by atoms with van der Waals surface area (Å²) in [5.74, 6) is 0. The Morgan fingerprint density at radius 1 is 1.50 bits per heavy atom. The quantitative estimate of drug-likeness (QED) is 0.441. The highest BCUT2D eigenvalue weighted by atomic mass is 16.6. The first kappa shape index (κ1) is 6.01. The van der Waals surface area contributed by atoms with E-state index < -0.39 is 6.29 Å². The van der Waals surface area contributed by atoms with Gasteiger partial charge >= 0.3 is 0 Å². The number of hydrogen-bond donors (Lipinski definition) is 2. The highest BCUT2D eigenvalue weighted by Crippen LogP contribution is 1.94. The van der Waals surface area contributed by atoms with Crippen LogP contribution in [0.5, 0.6) is 0 Å². The third kappa shape index (κ3) is 1.78. The summed E-state index contributed by atoms with van der Waals surface area (Å²) in [6.45, 7) is 2.35. The van der Waals surface area contributed by atoms with E-state index in [1.54, 1.807) is 0 Å². The predicted octanol–water partition coefficient (Wildman–Crippen LogP) is -0.685. The number of aliphatic hydroxyl groups excluding tert-OH is 1. The molecule has 0 radical (unpaired) electrons. The zero-order valence-corrected chi connectivity index (χ0v) is 4.76. The Bertz CT molecular complexity index is 59.4. The van der Waals surface area contributed by atoms with Gasteiger partial charge in [-0.25, -0.2) is 0 Å². The normalized spacial score (nSPS) is 31.9. The molecule has 0 saturated carbocycles. The van der Waals surface area contributed by atoms with E-state index in [1.165, 1.54) is 0 Å². The lowest BCUT2D eigenvalue weighted by Gasteiger charge is -2.03. The molecule has 0 bridgehead atoms. The minimum atomic E-state index is -0.537. The predicted molar refractivity (Wildman–Crippen MR) is 29.4 cm³/mol. The Morgan fingerprint density at radius 3 is 3.25 bits per heavy atom. The molecule has 1 rings (SSSR count). The van der Waals surface area contributed by atoms with Crippen molar-refractivity contribution >= 4 is 0 Å². The van der Waals surface area contributed by atoms with E-state index in [9.17, 15) is 0 Å². The van der Waals surface area contributed by atoms with Crippen molar-refractivity contribution in [1.29, 1.82) is 0 Å². The maximum atomic E-state index is 8.83.